The van der Waals surface area contributed by atoms with Gasteiger partial charge in [0.2, 0.25) is 5.91 Å². The summed E-state index contributed by atoms with van der Waals surface area (Å²) < 4.78 is 10.7. The number of rotatable bonds is 11. The van der Waals surface area contributed by atoms with Gasteiger partial charge in [-0.25, -0.2) is 0 Å². The number of hydrogen-bond donors (Lipinski definition) is 2. The Morgan fingerprint density at radius 3 is 2.26 bits per heavy atom. The topological polar surface area (TPSA) is 93.7 Å². The Morgan fingerprint density at radius 2 is 1.58 bits per heavy atom. The quantitative estimate of drug-likeness (QED) is 0.424. The van der Waals surface area contributed by atoms with E-state index in [1.54, 1.807) is 24.3 Å². The van der Waals surface area contributed by atoms with Gasteiger partial charge in [0.15, 0.2) is 0 Å². The highest BCUT2D eigenvalue weighted by atomic mass is 16.5. The normalized spacial score (nSPS) is 10.4. The van der Waals surface area contributed by atoms with Gasteiger partial charge in [0, 0.05) is 18.4 Å². The van der Waals surface area contributed by atoms with E-state index < -0.39 is 17.8 Å². The molecule has 0 heterocycles. The van der Waals surface area contributed by atoms with E-state index in [2.05, 4.69) is 24.7 Å². The lowest BCUT2D eigenvalue weighted by molar-refractivity contribution is -0.144. The molecule has 2 rings (SSSR count). The van der Waals surface area contributed by atoms with Crippen LogP contribution < -0.4 is 15.6 Å². The Kier molecular flexibility index (Phi) is 10.1. The maximum atomic E-state index is 12.1. The lowest BCUT2D eigenvalue weighted by atomic mass is 10.1. The van der Waals surface area contributed by atoms with Crippen molar-refractivity contribution in [2.45, 2.75) is 39.5 Å². The molecule has 7 heteroatoms. The Morgan fingerprint density at radius 1 is 0.871 bits per heavy atom. The van der Waals surface area contributed by atoms with E-state index in [0.717, 1.165) is 12.0 Å². The summed E-state index contributed by atoms with van der Waals surface area (Å²) in [5.41, 5.74) is 6.10. The minimum Gasteiger partial charge on any atom is -0.494 e. The van der Waals surface area contributed by atoms with E-state index in [-0.39, 0.29) is 19.4 Å². The molecule has 0 saturated heterocycles. The highest BCUT2D eigenvalue weighted by Crippen LogP contribution is 2.13. The Labute approximate surface area is 183 Å². The first kappa shape index (κ1) is 23.9. The molecule has 0 fully saturated rings. The zero-order chi connectivity index (χ0) is 22.5. The molecule has 0 radical (unpaired) electrons. The smallest absolute Gasteiger partial charge is 0.306 e. The molecule has 0 aliphatic heterocycles. The van der Waals surface area contributed by atoms with Crippen LogP contribution in [0.4, 0.5) is 0 Å². The lowest BCUT2D eigenvalue weighted by Crippen LogP contribution is -2.41. The van der Waals surface area contributed by atoms with Gasteiger partial charge in [-0.15, -0.1) is 0 Å². The van der Waals surface area contributed by atoms with Crippen molar-refractivity contribution in [3.05, 3.63) is 65.7 Å². The van der Waals surface area contributed by atoms with E-state index in [0.29, 0.717) is 30.3 Å². The lowest BCUT2D eigenvalue weighted by Gasteiger charge is -2.10. The highest BCUT2D eigenvalue weighted by Gasteiger charge is 2.10. The summed E-state index contributed by atoms with van der Waals surface area (Å²) >= 11 is 0. The third-order valence-corrected chi connectivity index (χ3v) is 4.45. The Balaban J connectivity index is 1.61. The predicted molar refractivity (Wildman–Crippen MR) is 117 cm³/mol. The Hall–Kier alpha value is -3.35. The molecule has 0 aliphatic rings. The Bertz CT molecular complexity index is 835. The number of benzene rings is 2. The molecule has 0 aliphatic carbocycles. The SMILES string of the molecule is CC(C)CCOc1ccc(C(=O)NNC(=O)CCC(=O)OCCc2ccccc2)cc1. The average molecular weight is 427 g/mol. The molecule has 0 unspecified atom stereocenters. The molecular weight excluding hydrogens is 396 g/mol. The summed E-state index contributed by atoms with van der Waals surface area (Å²) in [6, 6.07) is 16.3. The third kappa shape index (κ3) is 9.80. The van der Waals surface area contributed by atoms with Crippen molar-refractivity contribution in [2.75, 3.05) is 13.2 Å². The predicted octanol–water partition coefficient (Wildman–Crippen LogP) is 3.44. The molecule has 0 atom stereocenters. The van der Waals surface area contributed by atoms with Crippen molar-refractivity contribution >= 4 is 17.8 Å². The van der Waals surface area contributed by atoms with E-state index in [1.807, 2.05) is 30.3 Å². The first-order valence-corrected chi connectivity index (χ1v) is 10.5. The number of carbonyl (C=O) groups is 3. The molecular formula is C24H30N2O5. The van der Waals surface area contributed by atoms with Gasteiger partial charge in [-0.1, -0.05) is 44.2 Å². The second-order valence-corrected chi connectivity index (χ2v) is 7.51. The van der Waals surface area contributed by atoms with E-state index in [1.165, 1.54) is 0 Å². The van der Waals surface area contributed by atoms with Gasteiger partial charge in [0.1, 0.15) is 5.75 Å². The van der Waals surface area contributed by atoms with Crippen LogP contribution in [0.2, 0.25) is 0 Å². The third-order valence-electron chi connectivity index (χ3n) is 4.45. The zero-order valence-electron chi connectivity index (χ0n) is 18.1. The van der Waals surface area contributed by atoms with Crippen LogP contribution in [0.5, 0.6) is 5.75 Å². The van der Waals surface area contributed by atoms with Crippen LogP contribution in [0.25, 0.3) is 0 Å². The van der Waals surface area contributed by atoms with E-state index >= 15 is 0 Å². The second-order valence-electron chi connectivity index (χ2n) is 7.51. The van der Waals surface area contributed by atoms with E-state index in [4.69, 9.17) is 9.47 Å². The van der Waals surface area contributed by atoms with Gasteiger partial charge in [0.05, 0.1) is 19.6 Å². The van der Waals surface area contributed by atoms with E-state index in [9.17, 15) is 14.4 Å². The molecule has 7 nitrogen and oxygen atoms in total. The summed E-state index contributed by atoms with van der Waals surface area (Å²) in [6.45, 7) is 5.13. The largest absolute Gasteiger partial charge is 0.494 e. The summed E-state index contributed by atoms with van der Waals surface area (Å²) in [6.07, 6.45) is 1.44. The summed E-state index contributed by atoms with van der Waals surface area (Å²) in [4.78, 5) is 35.7. The van der Waals surface area contributed by atoms with Gasteiger partial charge in [-0.3, -0.25) is 25.2 Å². The fraction of sp³-hybridized carbons (Fsp3) is 0.375. The van der Waals surface area contributed by atoms with Gasteiger partial charge in [0.25, 0.3) is 5.91 Å². The molecule has 2 aromatic carbocycles. The molecule has 166 valence electrons. The van der Waals surface area contributed by atoms with Crippen molar-refractivity contribution in [1.29, 1.82) is 0 Å². The maximum Gasteiger partial charge on any atom is 0.306 e. The minimum absolute atomic E-state index is 0.0566. The fourth-order valence-corrected chi connectivity index (χ4v) is 2.59. The van der Waals surface area contributed by atoms with Crippen LogP contribution in [0.15, 0.2) is 54.6 Å². The molecule has 0 spiro atoms. The molecule has 2 amide bonds. The van der Waals surface area contributed by atoms with Gasteiger partial charge in [-0.05, 0) is 42.2 Å². The van der Waals surface area contributed by atoms with Crippen LogP contribution in [-0.4, -0.2) is 31.0 Å². The van der Waals surface area contributed by atoms with Crippen molar-refractivity contribution in [1.82, 2.24) is 10.9 Å². The van der Waals surface area contributed by atoms with Crippen molar-refractivity contribution in [2.24, 2.45) is 5.92 Å². The maximum absolute atomic E-state index is 12.1. The number of hydrazine groups is 1. The molecule has 0 aromatic heterocycles. The number of amides is 2. The molecule has 2 N–H and O–H groups in total. The molecule has 0 bridgehead atoms. The number of ether oxygens (including phenoxy) is 2. The fourth-order valence-electron chi connectivity index (χ4n) is 2.59. The zero-order valence-corrected chi connectivity index (χ0v) is 18.1. The standard InChI is InChI=1S/C24H30N2O5/c1-18(2)14-16-30-21-10-8-20(9-11-21)24(29)26-25-22(27)12-13-23(28)31-17-15-19-6-4-3-5-7-19/h3-11,18H,12-17H2,1-2H3,(H,25,27)(H,26,29). The number of carbonyl (C=O) groups excluding carboxylic acids is 3. The first-order chi connectivity index (χ1) is 14.9. The summed E-state index contributed by atoms with van der Waals surface area (Å²) in [5.74, 6) is -0.128. The van der Waals surface area contributed by atoms with Crippen molar-refractivity contribution < 1.29 is 23.9 Å². The summed E-state index contributed by atoms with van der Waals surface area (Å²) in [5, 5.41) is 0. The van der Waals surface area contributed by atoms with Crippen LogP contribution in [0.3, 0.4) is 0 Å². The minimum atomic E-state index is -0.470. The molecule has 31 heavy (non-hydrogen) atoms. The average Bonchev–Trinajstić information content (AvgIpc) is 2.77. The summed E-state index contributed by atoms with van der Waals surface area (Å²) in [7, 11) is 0. The number of esters is 1. The second kappa shape index (κ2) is 13.1. The monoisotopic (exact) mass is 426 g/mol. The molecule has 0 saturated carbocycles. The van der Waals surface area contributed by atoms with Crippen LogP contribution in [-0.2, 0) is 20.7 Å². The highest BCUT2D eigenvalue weighted by molar-refractivity contribution is 5.95. The molecule has 2 aromatic rings. The number of hydrogen-bond acceptors (Lipinski definition) is 5. The van der Waals surface area contributed by atoms with Gasteiger partial charge >= 0.3 is 5.97 Å². The van der Waals surface area contributed by atoms with Crippen LogP contribution in [0.1, 0.15) is 49.0 Å². The van der Waals surface area contributed by atoms with Crippen LogP contribution >= 0.6 is 0 Å². The van der Waals surface area contributed by atoms with Crippen molar-refractivity contribution in [3.63, 3.8) is 0 Å². The van der Waals surface area contributed by atoms with Crippen LogP contribution in [0, 0.1) is 5.92 Å². The number of nitrogens with one attached hydrogen (secondary N) is 2. The first-order valence-electron chi connectivity index (χ1n) is 10.5. The van der Waals surface area contributed by atoms with Gasteiger partial charge in [-0.2, -0.15) is 0 Å². The van der Waals surface area contributed by atoms with Gasteiger partial charge < -0.3 is 9.47 Å². The van der Waals surface area contributed by atoms with Crippen molar-refractivity contribution in [3.8, 4) is 5.75 Å².